The topological polar surface area (TPSA) is 97.4 Å². The zero-order chi connectivity index (χ0) is 22.8. The van der Waals surface area contributed by atoms with Crippen molar-refractivity contribution in [1.29, 1.82) is 0 Å². The van der Waals surface area contributed by atoms with E-state index < -0.39 is 19.8 Å². The van der Waals surface area contributed by atoms with Crippen molar-refractivity contribution in [3.8, 4) is 0 Å². The highest BCUT2D eigenvalue weighted by atomic mass is 31.2. The van der Waals surface area contributed by atoms with Gasteiger partial charge in [0.1, 0.15) is 0 Å². The van der Waals surface area contributed by atoms with Gasteiger partial charge < -0.3 is 9.47 Å². The minimum Gasteiger partial charge on any atom is -0.462 e. The first-order valence-electron chi connectivity index (χ1n) is 10.4. The van der Waals surface area contributed by atoms with E-state index in [-0.39, 0.29) is 33.0 Å². The quantitative estimate of drug-likeness (QED) is 0.116. The summed E-state index contributed by atoms with van der Waals surface area (Å²) in [6.07, 6.45) is 4.92. The number of esters is 2. The molecular formula is C21H37O8P. The van der Waals surface area contributed by atoms with Crippen molar-refractivity contribution in [2.45, 2.75) is 65.7 Å². The molecule has 0 radical (unpaired) electrons. The van der Waals surface area contributed by atoms with E-state index in [1.54, 1.807) is 13.8 Å². The van der Waals surface area contributed by atoms with Crippen molar-refractivity contribution in [2.24, 2.45) is 0 Å². The predicted molar refractivity (Wildman–Crippen MR) is 115 cm³/mol. The van der Waals surface area contributed by atoms with Gasteiger partial charge in [-0.3, -0.25) is 13.6 Å². The molecule has 0 saturated carbocycles. The van der Waals surface area contributed by atoms with Gasteiger partial charge in [-0.05, 0) is 46.0 Å². The van der Waals surface area contributed by atoms with Crippen LogP contribution in [0.5, 0.6) is 0 Å². The van der Waals surface area contributed by atoms with Crippen LogP contribution in [0.4, 0.5) is 0 Å². The predicted octanol–water partition coefficient (Wildman–Crippen LogP) is 5.13. The number of phosphoric ester groups is 1. The van der Waals surface area contributed by atoms with Crippen LogP contribution in [0.25, 0.3) is 0 Å². The molecule has 0 N–H and O–H groups in total. The molecule has 0 aromatic carbocycles. The minimum atomic E-state index is -3.67. The van der Waals surface area contributed by atoms with Gasteiger partial charge in [0.15, 0.2) is 0 Å². The number of phosphoric acid groups is 1. The third-order valence-corrected chi connectivity index (χ3v) is 5.23. The Kier molecular flexibility index (Phi) is 16.4. The van der Waals surface area contributed by atoms with E-state index in [4.69, 9.17) is 23.0 Å². The lowest BCUT2D eigenvalue weighted by Crippen LogP contribution is -2.08. The van der Waals surface area contributed by atoms with Crippen LogP contribution in [-0.4, -0.2) is 45.0 Å². The zero-order valence-electron chi connectivity index (χ0n) is 18.6. The molecule has 8 nitrogen and oxygen atoms in total. The van der Waals surface area contributed by atoms with Gasteiger partial charge in [-0.1, -0.05) is 32.9 Å². The molecule has 0 unspecified atom stereocenters. The molecule has 0 heterocycles. The summed E-state index contributed by atoms with van der Waals surface area (Å²) < 4.78 is 39.0. The van der Waals surface area contributed by atoms with Gasteiger partial charge in [-0.25, -0.2) is 14.2 Å². The lowest BCUT2D eigenvalue weighted by Gasteiger charge is -2.18. The number of hydrogen-bond acceptors (Lipinski definition) is 8. The number of carbonyl (C=O) groups is 2. The standard InChI is InChI=1S/C21H37O8P/c1-6-7-8-15-27-30(24,28-16-11-9-13-25-20(22)18(2)3)29-17-12-10-14-26-21(23)19(4)5/h2,4,6-17H2,1,3,5H3. The summed E-state index contributed by atoms with van der Waals surface area (Å²) in [5, 5.41) is 0. The van der Waals surface area contributed by atoms with Gasteiger partial charge in [0.05, 0.1) is 33.0 Å². The Labute approximate surface area is 180 Å². The lowest BCUT2D eigenvalue weighted by atomic mass is 10.3. The summed E-state index contributed by atoms with van der Waals surface area (Å²) in [5.41, 5.74) is 0.693. The minimum absolute atomic E-state index is 0.159. The van der Waals surface area contributed by atoms with Crippen LogP contribution in [0.15, 0.2) is 24.3 Å². The van der Waals surface area contributed by atoms with Gasteiger partial charge in [-0.15, -0.1) is 0 Å². The third-order valence-electron chi connectivity index (χ3n) is 3.74. The third kappa shape index (κ3) is 15.4. The number of carbonyl (C=O) groups excluding carboxylic acids is 2. The smallest absolute Gasteiger partial charge is 0.462 e. The van der Waals surface area contributed by atoms with Crippen molar-refractivity contribution >= 4 is 19.8 Å². The van der Waals surface area contributed by atoms with Gasteiger partial charge in [-0.2, -0.15) is 0 Å². The summed E-state index contributed by atoms with van der Waals surface area (Å²) in [6.45, 7) is 13.3. The van der Waals surface area contributed by atoms with E-state index in [1.165, 1.54) is 0 Å². The molecule has 30 heavy (non-hydrogen) atoms. The van der Waals surface area contributed by atoms with Crippen LogP contribution in [0.1, 0.15) is 65.7 Å². The molecule has 0 spiro atoms. The van der Waals surface area contributed by atoms with Crippen molar-refractivity contribution in [3.05, 3.63) is 24.3 Å². The molecule has 0 fully saturated rings. The molecule has 0 aliphatic heterocycles. The largest absolute Gasteiger partial charge is 0.474 e. The van der Waals surface area contributed by atoms with Crippen molar-refractivity contribution in [1.82, 2.24) is 0 Å². The number of rotatable bonds is 19. The summed E-state index contributed by atoms with van der Waals surface area (Å²) in [6, 6.07) is 0. The SMILES string of the molecule is C=C(C)C(=O)OCCCCOP(=O)(OCCCCC)OCCCCOC(=O)C(=C)C. The maximum Gasteiger partial charge on any atom is 0.474 e. The highest BCUT2D eigenvalue weighted by Crippen LogP contribution is 2.49. The molecule has 0 aliphatic rings. The van der Waals surface area contributed by atoms with Crippen molar-refractivity contribution in [3.63, 3.8) is 0 Å². The Morgan fingerprint density at radius 1 is 0.667 bits per heavy atom. The van der Waals surface area contributed by atoms with E-state index in [0.717, 1.165) is 19.3 Å². The van der Waals surface area contributed by atoms with E-state index in [9.17, 15) is 14.2 Å². The fourth-order valence-electron chi connectivity index (χ4n) is 1.98. The average molecular weight is 448 g/mol. The Bertz CT molecular complexity index is 546. The van der Waals surface area contributed by atoms with E-state index in [1.807, 2.05) is 0 Å². The van der Waals surface area contributed by atoms with E-state index in [2.05, 4.69) is 20.1 Å². The molecule has 174 valence electrons. The van der Waals surface area contributed by atoms with Gasteiger partial charge in [0.2, 0.25) is 0 Å². The van der Waals surface area contributed by atoms with Crippen LogP contribution in [0, 0.1) is 0 Å². The number of unbranched alkanes of at least 4 members (excludes halogenated alkanes) is 4. The van der Waals surface area contributed by atoms with E-state index in [0.29, 0.717) is 36.8 Å². The molecule has 0 atom stereocenters. The Hall–Kier alpha value is -1.47. The number of ether oxygens (including phenoxy) is 2. The summed E-state index contributed by atoms with van der Waals surface area (Å²) in [5.74, 6) is -0.865. The first-order chi connectivity index (χ1) is 14.2. The second-order valence-electron chi connectivity index (χ2n) is 6.90. The fourth-order valence-corrected chi connectivity index (χ4v) is 3.26. The maximum absolute atomic E-state index is 12.8. The van der Waals surface area contributed by atoms with Crippen LogP contribution < -0.4 is 0 Å². The Balaban J connectivity index is 4.20. The van der Waals surface area contributed by atoms with E-state index >= 15 is 0 Å². The van der Waals surface area contributed by atoms with Crippen LogP contribution in [0.3, 0.4) is 0 Å². The lowest BCUT2D eigenvalue weighted by molar-refractivity contribution is -0.139. The normalized spacial score (nSPS) is 11.2. The van der Waals surface area contributed by atoms with Crippen LogP contribution in [-0.2, 0) is 37.2 Å². The molecule has 0 saturated heterocycles. The highest BCUT2D eigenvalue weighted by Gasteiger charge is 2.26. The monoisotopic (exact) mass is 448 g/mol. The van der Waals surface area contributed by atoms with Gasteiger partial charge in [0.25, 0.3) is 0 Å². The summed E-state index contributed by atoms with van der Waals surface area (Å²) >= 11 is 0. The molecular weight excluding hydrogens is 411 g/mol. The second-order valence-corrected chi connectivity index (χ2v) is 8.57. The molecule has 0 aliphatic carbocycles. The van der Waals surface area contributed by atoms with Crippen molar-refractivity contribution < 1.29 is 37.2 Å². The second kappa shape index (κ2) is 17.2. The Morgan fingerprint density at radius 3 is 1.33 bits per heavy atom. The first kappa shape index (κ1) is 28.5. The molecule has 0 bridgehead atoms. The van der Waals surface area contributed by atoms with Crippen molar-refractivity contribution in [2.75, 3.05) is 33.0 Å². The summed E-state index contributed by atoms with van der Waals surface area (Å²) in [4.78, 5) is 22.6. The molecule has 0 amide bonds. The van der Waals surface area contributed by atoms with Crippen LogP contribution in [0.2, 0.25) is 0 Å². The van der Waals surface area contributed by atoms with Crippen LogP contribution >= 0.6 is 7.82 Å². The summed E-state index contributed by atoms with van der Waals surface area (Å²) in [7, 11) is -3.67. The highest BCUT2D eigenvalue weighted by molar-refractivity contribution is 7.48. The molecule has 9 heteroatoms. The first-order valence-corrected chi connectivity index (χ1v) is 11.9. The Morgan fingerprint density at radius 2 is 1.00 bits per heavy atom. The number of hydrogen-bond donors (Lipinski definition) is 0. The van der Waals surface area contributed by atoms with Gasteiger partial charge in [0, 0.05) is 11.1 Å². The maximum atomic E-state index is 12.8. The average Bonchev–Trinajstić information content (AvgIpc) is 2.70. The fraction of sp³-hybridized carbons (Fsp3) is 0.714. The zero-order valence-corrected chi connectivity index (χ0v) is 19.5. The van der Waals surface area contributed by atoms with Gasteiger partial charge >= 0.3 is 19.8 Å². The molecule has 0 rings (SSSR count). The molecule has 0 aromatic heterocycles. The molecule has 0 aromatic rings.